The standard InChI is InChI=1S/C19H27NO8/c1-10-7-25-17(13(4)28-10)16-14(18(21)26-8-23-5)11(2)20-12(3)15(16)19(22)27-9-24-6/h10,16,20H,7-9H2,1-6H3. The van der Waals surface area contributed by atoms with Gasteiger partial charge in [0.15, 0.2) is 13.6 Å². The third kappa shape index (κ3) is 4.66. The van der Waals surface area contributed by atoms with Crippen LogP contribution in [0, 0.1) is 5.92 Å². The third-order valence-electron chi connectivity index (χ3n) is 4.28. The predicted molar refractivity (Wildman–Crippen MR) is 97.2 cm³/mol. The van der Waals surface area contributed by atoms with Crippen LogP contribution in [0.15, 0.2) is 34.1 Å². The second-order valence-electron chi connectivity index (χ2n) is 6.47. The van der Waals surface area contributed by atoms with Crippen molar-refractivity contribution in [3.63, 3.8) is 0 Å². The Morgan fingerprint density at radius 3 is 1.93 bits per heavy atom. The van der Waals surface area contributed by atoms with Gasteiger partial charge in [0.05, 0.1) is 17.1 Å². The van der Waals surface area contributed by atoms with Gasteiger partial charge in [0.25, 0.3) is 0 Å². The maximum atomic E-state index is 12.8. The van der Waals surface area contributed by atoms with E-state index in [-0.39, 0.29) is 37.4 Å². The number of hydrogen-bond donors (Lipinski definition) is 1. The minimum absolute atomic E-state index is 0.145. The van der Waals surface area contributed by atoms with Gasteiger partial charge in [-0.25, -0.2) is 9.59 Å². The maximum Gasteiger partial charge on any atom is 0.338 e. The SMILES string of the molecule is COCOC(=O)C1=C(C)NC(C)=C(C(=O)OCOC)C1C1=C(C)OC(C)CO1. The van der Waals surface area contributed by atoms with Crippen LogP contribution in [-0.2, 0) is 38.0 Å². The molecule has 1 atom stereocenters. The van der Waals surface area contributed by atoms with Crippen molar-refractivity contribution in [3.05, 3.63) is 34.1 Å². The van der Waals surface area contributed by atoms with E-state index in [0.717, 1.165) is 0 Å². The Hall–Kier alpha value is -2.52. The summed E-state index contributed by atoms with van der Waals surface area (Å²) in [4.78, 5) is 25.5. The first kappa shape index (κ1) is 21.8. The lowest BCUT2D eigenvalue weighted by Gasteiger charge is -2.34. The van der Waals surface area contributed by atoms with Crippen LogP contribution in [0.4, 0.5) is 0 Å². The summed E-state index contributed by atoms with van der Waals surface area (Å²) in [6.07, 6.45) is -0.145. The lowest BCUT2D eigenvalue weighted by atomic mass is 9.83. The van der Waals surface area contributed by atoms with Crippen LogP contribution in [0.5, 0.6) is 0 Å². The number of nitrogens with one attached hydrogen (secondary N) is 1. The van der Waals surface area contributed by atoms with E-state index < -0.39 is 17.9 Å². The Labute approximate surface area is 164 Å². The van der Waals surface area contributed by atoms with E-state index in [4.69, 9.17) is 28.4 Å². The van der Waals surface area contributed by atoms with Crippen LogP contribution in [0.2, 0.25) is 0 Å². The monoisotopic (exact) mass is 397 g/mol. The molecule has 1 N–H and O–H groups in total. The quantitative estimate of drug-likeness (QED) is 0.508. The van der Waals surface area contributed by atoms with Crippen molar-refractivity contribution >= 4 is 11.9 Å². The van der Waals surface area contributed by atoms with E-state index in [1.807, 2.05) is 6.92 Å². The Balaban J connectivity index is 2.54. The van der Waals surface area contributed by atoms with Crippen molar-refractivity contribution in [2.24, 2.45) is 5.92 Å². The molecule has 1 unspecified atom stereocenters. The molecule has 2 aliphatic rings. The maximum absolute atomic E-state index is 12.8. The van der Waals surface area contributed by atoms with Crippen molar-refractivity contribution in [3.8, 4) is 0 Å². The predicted octanol–water partition coefficient (Wildman–Crippen LogP) is 1.71. The molecule has 0 aromatic heterocycles. The summed E-state index contributed by atoms with van der Waals surface area (Å²) in [5.41, 5.74) is 1.52. The normalized spacial score (nSPS) is 20.4. The van der Waals surface area contributed by atoms with E-state index >= 15 is 0 Å². The first-order valence-corrected chi connectivity index (χ1v) is 8.82. The molecule has 0 aromatic rings. The summed E-state index contributed by atoms with van der Waals surface area (Å²) >= 11 is 0. The van der Waals surface area contributed by atoms with Crippen molar-refractivity contribution in [2.45, 2.75) is 33.8 Å². The number of hydrogen-bond acceptors (Lipinski definition) is 9. The molecule has 9 heteroatoms. The molecule has 0 aliphatic carbocycles. The number of carbonyl (C=O) groups is 2. The molecule has 0 radical (unpaired) electrons. The number of ether oxygens (including phenoxy) is 6. The van der Waals surface area contributed by atoms with E-state index in [9.17, 15) is 9.59 Å². The molecule has 2 heterocycles. The molecular weight excluding hydrogens is 370 g/mol. The van der Waals surface area contributed by atoms with Gasteiger partial charge in [0, 0.05) is 25.6 Å². The lowest BCUT2D eigenvalue weighted by Crippen LogP contribution is -2.37. The second kappa shape index (κ2) is 9.61. The van der Waals surface area contributed by atoms with Gasteiger partial charge in [-0.05, 0) is 27.7 Å². The van der Waals surface area contributed by atoms with Gasteiger partial charge in [-0.3, -0.25) is 0 Å². The molecule has 2 aliphatic heterocycles. The molecule has 156 valence electrons. The van der Waals surface area contributed by atoms with E-state index in [1.54, 1.807) is 20.8 Å². The number of dihydropyridines is 1. The zero-order valence-electron chi connectivity index (χ0n) is 17.0. The molecule has 2 rings (SSSR count). The molecule has 0 fully saturated rings. The molecule has 0 saturated heterocycles. The summed E-state index contributed by atoms with van der Waals surface area (Å²) in [5, 5.41) is 3.04. The van der Waals surface area contributed by atoms with Crippen molar-refractivity contribution in [1.82, 2.24) is 5.32 Å². The Bertz CT molecular complexity index is 679. The first-order chi connectivity index (χ1) is 13.3. The molecule has 28 heavy (non-hydrogen) atoms. The molecule has 0 aromatic carbocycles. The Morgan fingerprint density at radius 2 is 1.50 bits per heavy atom. The van der Waals surface area contributed by atoms with Gasteiger partial charge in [0.1, 0.15) is 24.2 Å². The largest absolute Gasteiger partial charge is 0.490 e. The van der Waals surface area contributed by atoms with Gasteiger partial charge in [-0.1, -0.05) is 0 Å². The third-order valence-corrected chi connectivity index (χ3v) is 4.28. The number of rotatable bonds is 7. The van der Waals surface area contributed by atoms with Crippen LogP contribution < -0.4 is 5.32 Å². The van der Waals surface area contributed by atoms with Crippen molar-refractivity contribution in [1.29, 1.82) is 0 Å². The van der Waals surface area contributed by atoms with Gasteiger partial charge >= 0.3 is 11.9 Å². The zero-order valence-corrected chi connectivity index (χ0v) is 17.0. The van der Waals surface area contributed by atoms with Crippen LogP contribution in [0.3, 0.4) is 0 Å². The average molecular weight is 397 g/mol. The Morgan fingerprint density at radius 1 is 1.00 bits per heavy atom. The number of carbonyl (C=O) groups excluding carboxylic acids is 2. The lowest BCUT2D eigenvalue weighted by molar-refractivity contribution is -0.151. The molecule has 0 spiro atoms. The fraction of sp³-hybridized carbons (Fsp3) is 0.579. The fourth-order valence-corrected chi connectivity index (χ4v) is 3.17. The number of allylic oxidation sites excluding steroid dienone is 4. The van der Waals surface area contributed by atoms with Crippen LogP contribution in [0.1, 0.15) is 27.7 Å². The van der Waals surface area contributed by atoms with Crippen LogP contribution in [-0.4, -0.2) is 52.5 Å². The van der Waals surface area contributed by atoms with Crippen LogP contribution >= 0.6 is 0 Å². The highest BCUT2D eigenvalue weighted by atomic mass is 16.7. The number of methoxy groups -OCH3 is 2. The number of esters is 2. The molecular formula is C19H27NO8. The minimum atomic E-state index is -0.845. The summed E-state index contributed by atoms with van der Waals surface area (Å²) in [7, 11) is 2.82. The molecule has 9 nitrogen and oxygen atoms in total. The zero-order chi connectivity index (χ0) is 20.8. The summed E-state index contributed by atoms with van der Waals surface area (Å²) < 4.78 is 31.6. The summed E-state index contributed by atoms with van der Waals surface area (Å²) in [6.45, 7) is 6.89. The van der Waals surface area contributed by atoms with Crippen molar-refractivity contribution < 1.29 is 38.0 Å². The van der Waals surface area contributed by atoms with E-state index in [1.165, 1.54) is 14.2 Å². The van der Waals surface area contributed by atoms with Gasteiger partial charge in [-0.15, -0.1) is 0 Å². The molecule has 0 amide bonds. The van der Waals surface area contributed by atoms with E-state index in [2.05, 4.69) is 5.32 Å². The van der Waals surface area contributed by atoms with E-state index in [0.29, 0.717) is 22.9 Å². The van der Waals surface area contributed by atoms with Crippen LogP contribution in [0.25, 0.3) is 0 Å². The highest BCUT2D eigenvalue weighted by Crippen LogP contribution is 2.39. The van der Waals surface area contributed by atoms with Crippen molar-refractivity contribution in [2.75, 3.05) is 34.4 Å². The average Bonchev–Trinajstić information content (AvgIpc) is 2.63. The highest BCUT2D eigenvalue weighted by Gasteiger charge is 2.42. The fourth-order valence-electron chi connectivity index (χ4n) is 3.17. The van der Waals surface area contributed by atoms with Gasteiger partial charge in [0.2, 0.25) is 0 Å². The summed E-state index contributed by atoms with van der Waals surface area (Å²) in [5.74, 6) is -1.26. The molecule has 0 saturated carbocycles. The Kier molecular flexibility index (Phi) is 7.47. The topological polar surface area (TPSA) is 102 Å². The first-order valence-electron chi connectivity index (χ1n) is 8.82. The molecule has 0 bridgehead atoms. The van der Waals surface area contributed by atoms with Gasteiger partial charge in [-0.2, -0.15) is 0 Å². The van der Waals surface area contributed by atoms with Gasteiger partial charge < -0.3 is 33.7 Å². The highest BCUT2D eigenvalue weighted by molar-refractivity contribution is 5.98. The smallest absolute Gasteiger partial charge is 0.338 e. The summed E-state index contributed by atoms with van der Waals surface area (Å²) in [6, 6.07) is 0. The minimum Gasteiger partial charge on any atom is -0.490 e. The second-order valence-corrected chi connectivity index (χ2v) is 6.47.